The standard InChI is InChI=1S/C19H10F3NO3S/c20-16-7-10(8-17(21)18(16)22)23-27(25,26)11-5-6-13-12-3-1-2-4-14(12)19(24)15(13)9-11/h1-9,23H. The topological polar surface area (TPSA) is 63.2 Å². The second-order valence-electron chi connectivity index (χ2n) is 5.94. The van der Waals surface area contributed by atoms with Gasteiger partial charge in [-0.15, -0.1) is 0 Å². The molecular formula is C19H10F3NO3S. The molecule has 136 valence electrons. The number of anilines is 1. The molecule has 0 atom stereocenters. The fourth-order valence-corrected chi connectivity index (χ4v) is 4.07. The van der Waals surface area contributed by atoms with Gasteiger partial charge in [-0.2, -0.15) is 0 Å². The molecule has 0 unspecified atom stereocenters. The van der Waals surface area contributed by atoms with E-state index in [9.17, 15) is 26.4 Å². The minimum absolute atomic E-state index is 0.218. The first-order valence-corrected chi connectivity index (χ1v) is 9.22. The second kappa shape index (κ2) is 5.95. The molecule has 3 aromatic carbocycles. The molecule has 0 aliphatic heterocycles. The van der Waals surface area contributed by atoms with Gasteiger partial charge in [-0.1, -0.05) is 30.3 Å². The van der Waals surface area contributed by atoms with Crippen LogP contribution in [0.25, 0.3) is 11.1 Å². The van der Waals surface area contributed by atoms with Crippen molar-refractivity contribution < 1.29 is 26.4 Å². The number of benzene rings is 3. The highest BCUT2D eigenvalue weighted by molar-refractivity contribution is 7.92. The summed E-state index contributed by atoms with van der Waals surface area (Å²) in [6.07, 6.45) is 0. The summed E-state index contributed by atoms with van der Waals surface area (Å²) in [6, 6.07) is 11.9. The van der Waals surface area contributed by atoms with Crippen molar-refractivity contribution in [3.8, 4) is 11.1 Å². The quantitative estimate of drug-likeness (QED) is 0.536. The summed E-state index contributed by atoms with van der Waals surface area (Å²) in [4.78, 5) is 12.2. The van der Waals surface area contributed by atoms with Gasteiger partial charge in [-0.05, 0) is 23.3 Å². The molecule has 0 bridgehead atoms. The van der Waals surface area contributed by atoms with E-state index in [1.54, 1.807) is 24.3 Å². The molecular weight excluding hydrogens is 379 g/mol. The average Bonchev–Trinajstić information content (AvgIpc) is 2.92. The molecule has 0 radical (unpaired) electrons. The lowest BCUT2D eigenvalue weighted by molar-refractivity contribution is 0.104. The second-order valence-corrected chi connectivity index (χ2v) is 7.62. The predicted octanol–water partition coefficient (Wildman–Crippen LogP) is 4.12. The van der Waals surface area contributed by atoms with Crippen molar-refractivity contribution in [2.24, 2.45) is 0 Å². The van der Waals surface area contributed by atoms with Gasteiger partial charge in [0.15, 0.2) is 23.2 Å². The Morgan fingerprint density at radius 2 is 1.33 bits per heavy atom. The van der Waals surface area contributed by atoms with Crippen LogP contribution >= 0.6 is 0 Å². The molecule has 0 fully saturated rings. The van der Waals surface area contributed by atoms with Crippen LogP contribution in [0.3, 0.4) is 0 Å². The zero-order valence-electron chi connectivity index (χ0n) is 13.5. The Balaban J connectivity index is 1.73. The molecule has 8 heteroatoms. The number of halogens is 3. The molecule has 0 spiro atoms. The van der Waals surface area contributed by atoms with E-state index in [0.29, 0.717) is 28.8 Å². The maximum atomic E-state index is 13.3. The first-order valence-electron chi connectivity index (χ1n) is 7.73. The number of nitrogens with one attached hydrogen (secondary N) is 1. The first-order chi connectivity index (χ1) is 12.8. The Morgan fingerprint density at radius 3 is 2.00 bits per heavy atom. The Bertz CT molecular complexity index is 1200. The van der Waals surface area contributed by atoms with Crippen LogP contribution in [0.1, 0.15) is 15.9 Å². The summed E-state index contributed by atoms with van der Waals surface area (Å²) in [5.41, 5.74) is 1.53. The van der Waals surface area contributed by atoms with Crippen molar-refractivity contribution in [1.82, 2.24) is 0 Å². The number of fused-ring (bicyclic) bond motifs is 3. The monoisotopic (exact) mass is 389 g/mol. The molecule has 0 heterocycles. The zero-order chi connectivity index (χ0) is 19.3. The fourth-order valence-electron chi connectivity index (χ4n) is 3.00. The first kappa shape index (κ1) is 17.3. The van der Waals surface area contributed by atoms with E-state index in [2.05, 4.69) is 0 Å². The fraction of sp³-hybridized carbons (Fsp3) is 0. The highest BCUT2D eigenvalue weighted by Gasteiger charge is 2.28. The van der Waals surface area contributed by atoms with E-state index in [0.717, 1.165) is 0 Å². The number of carbonyl (C=O) groups is 1. The SMILES string of the molecule is O=C1c2ccccc2-c2ccc(S(=O)(=O)Nc3cc(F)c(F)c(F)c3)cc21. The van der Waals surface area contributed by atoms with Crippen molar-refractivity contribution in [2.75, 3.05) is 4.72 Å². The van der Waals surface area contributed by atoms with Crippen LogP contribution in [0.4, 0.5) is 18.9 Å². The maximum Gasteiger partial charge on any atom is 0.261 e. The molecule has 4 rings (SSSR count). The van der Waals surface area contributed by atoms with Crippen molar-refractivity contribution in [3.05, 3.63) is 83.2 Å². The summed E-state index contributed by atoms with van der Waals surface area (Å²) in [5.74, 6) is -5.05. The molecule has 27 heavy (non-hydrogen) atoms. The third-order valence-corrected chi connectivity index (χ3v) is 5.62. The summed E-state index contributed by atoms with van der Waals surface area (Å²) in [7, 11) is -4.25. The summed E-state index contributed by atoms with van der Waals surface area (Å²) in [6.45, 7) is 0. The molecule has 4 nitrogen and oxygen atoms in total. The largest absolute Gasteiger partial charge is 0.289 e. The van der Waals surface area contributed by atoms with Gasteiger partial charge in [0.2, 0.25) is 0 Å². The van der Waals surface area contributed by atoms with Crippen molar-refractivity contribution in [3.63, 3.8) is 0 Å². The number of hydrogen-bond acceptors (Lipinski definition) is 3. The van der Waals surface area contributed by atoms with Crippen LogP contribution < -0.4 is 4.72 Å². The number of ketones is 1. The third kappa shape index (κ3) is 2.78. The van der Waals surface area contributed by atoms with Gasteiger partial charge < -0.3 is 0 Å². The van der Waals surface area contributed by atoms with Gasteiger partial charge >= 0.3 is 0 Å². The lowest BCUT2D eigenvalue weighted by Crippen LogP contribution is -2.14. The minimum atomic E-state index is -4.25. The average molecular weight is 389 g/mol. The van der Waals surface area contributed by atoms with E-state index < -0.39 is 33.2 Å². The van der Waals surface area contributed by atoms with Crippen LogP contribution in [0.2, 0.25) is 0 Å². The molecule has 1 N–H and O–H groups in total. The van der Waals surface area contributed by atoms with E-state index in [4.69, 9.17) is 0 Å². The molecule has 3 aromatic rings. The van der Waals surface area contributed by atoms with E-state index in [1.165, 1.54) is 18.2 Å². The maximum absolute atomic E-state index is 13.3. The van der Waals surface area contributed by atoms with Crippen LogP contribution in [-0.2, 0) is 10.0 Å². The van der Waals surface area contributed by atoms with Crippen molar-refractivity contribution in [2.45, 2.75) is 4.90 Å². The summed E-state index contributed by atoms with van der Waals surface area (Å²) >= 11 is 0. The molecule has 1 aliphatic carbocycles. The van der Waals surface area contributed by atoms with E-state index in [-0.39, 0.29) is 16.2 Å². The summed E-state index contributed by atoms with van der Waals surface area (Å²) in [5, 5.41) is 0. The molecule has 0 saturated heterocycles. The van der Waals surface area contributed by atoms with Gasteiger partial charge in [0.25, 0.3) is 10.0 Å². The van der Waals surface area contributed by atoms with Crippen molar-refractivity contribution >= 4 is 21.5 Å². The lowest BCUT2D eigenvalue weighted by atomic mass is 10.1. The van der Waals surface area contributed by atoms with Crippen LogP contribution in [0.5, 0.6) is 0 Å². The number of rotatable bonds is 3. The minimum Gasteiger partial charge on any atom is -0.289 e. The molecule has 0 amide bonds. The molecule has 0 saturated carbocycles. The lowest BCUT2D eigenvalue weighted by Gasteiger charge is -2.10. The predicted molar refractivity (Wildman–Crippen MR) is 92.4 cm³/mol. The highest BCUT2D eigenvalue weighted by Crippen LogP contribution is 2.37. The van der Waals surface area contributed by atoms with Crippen LogP contribution in [0, 0.1) is 17.5 Å². The number of hydrogen-bond donors (Lipinski definition) is 1. The Kier molecular flexibility index (Phi) is 3.81. The van der Waals surface area contributed by atoms with Crippen LogP contribution in [-0.4, -0.2) is 14.2 Å². The third-order valence-electron chi connectivity index (χ3n) is 4.24. The molecule has 0 aromatic heterocycles. The summed E-state index contributed by atoms with van der Waals surface area (Å²) < 4.78 is 66.7. The number of sulfonamides is 1. The highest BCUT2D eigenvalue weighted by atomic mass is 32.2. The molecule has 1 aliphatic rings. The van der Waals surface area contributed by atoms with Gasteiger partial charge in [0, 0.05) is 23.3 Å². The Hall–Kier alpha value is -3.13. The van der Waals surface area contributed by atoms with E-state index >= 15 is 0 Å². The van der Waals surface area contributed by atoms with Gasteiger partial charge in [0.1, 0.15) is 0 Å². The zero-order valence-corrected chi connectivity index (χ0v) is 14.3. The van der Waals surface area contributed by atoms with Gasteiger partial charge in [-0.25, -0.2) is 21.6 Å². The van der Waals surface area contributed by atoms with E-state index in [1.807, 2.05) is 4.72 Å². The Labute approximate surface area is 152 Å². The Morgan fingerprint density at radius 1 is 0.741 bits per heavy atom. The number of carbonyl (C=O) groups excluding carboxylic acids is 1. The van der Waals surface area contributed by atoms with Crippen LogP contribution in [0.15, 0.2) is 59.5 Å². The normalized spacial score (nSPS) is 12.6. The van der Waals surface area contributed by atoms with Gasteiger partial charge in [-0.3, -0.25) is 9.52 Å². The smallest absolute Gasteiger partial charge is 0.261 e. The van der Waals surface area contributed by atoms with Gasteiger partial charge in [0.05, 0.1) is 10.6 Å². The van der Waals surface area contributed by atoms with Crippen molar-refractivity contribution in [1.29, 1.82) is 0 Å².